The molecule has 2 saturated heterocycles. The first-order valence-corrected chi connectivity index (χ1v) is 6.49. The fourth-order valence-electron chi connectivity index (χ4n) is 1.98. The van der Waals surface area contributed by atoms with Gasteiger partial charge in [-0.05, 0) is 37.5 Å². The van der Waals surface area contributed by atoms with Crippen molar-refractivity contribution in [3.05, 3.63) is 0 Å². The maximum Gasteiger partial charge on any atom is 0.0469 e. The molecule has 76 valence electrons. The van der Waals surface area contributed by atoms with Gasteiger partial charge in [-0.25, -0.2) is 0 Å². The van der Waals surface area contributed by atoms with E-state index in [1.54, 1.807) is 0 Å². The Morgan fingerprint density at radius 3 is 2.77 bits per heavy atom. The first kappa shape index (κ1) is 9.81. The molecule has 2 nitrogen and oxygen atoms in total. The first-order valence-electron chi connectivity index (χ1n) is 5.34. The largest absolute Gasteiger partial charge is 0.381 e. The Kier molecular flexibility index (Phi) is 3.94. The van der Waals surface area contributed by atoms with Gasteiger partial charge >= 0.3 is 0 Å². The summed E-state index contributed by atoms with van der Waals surface area (Å²) in [6, 6.07) is 0.799. The zero-order chi connectivity index (χ0) is 8.93. The summed E-state index contributed by atoms with van der Waals surface area (Å²) >= 11 is 2.08. The Bertz CT molecular complexity index is 142. The highest BCUT2D eigenvalue weighted by molar-refractivity contribution is 7.99. The van der Waals surface area contributed by atoms with Crippen molar-refractivity contribution in [2.75, 3.05) is 31.3 Å². The van der Waals surface area contributed by atoms with Crippen LogP contribution in [0.25, 0.3) is 0 Å². The highest BCUT2D eigenvalue weighted by Crippen LogP contribution is 2.19. The normalized spacial score (nSPS) is 30.9. The summed E-state index contributed by atoms with van der Waals surface area (Å²) in [5.41, 5.74) is 0. The molecular formula is C10H19NOS. The smallest absolute Gasteiger partial charge is 0.0469 e. The van der Waals surface area contributed by atoms with E-state index in [1.807, 2.05) is 0 Å². The first-order chi connectivity index (χ1) is 6.45. The quantitative estimate of drug-likeness (QED) is 0.748. The third kappa shape index (κ3) is 3.15. The molecule has 2 aliphatic rings. The highest BCUT2D eigenvalue weighted by Gasteiger charge is 2.18. The van der Waals surface area contributed by atoms with Gasteiger partial charge in [-0.3, -0.25) is 0 Å². The van der Waals surface area contributed by atoms with Crippen LogP contribution >= 0.6 is 11.8 Å². The lowest BCUT2D eigenvalue weighted by atomic mass is 10.00. The van der Waals surface area contributed by atoms with Gasteiger partial charge in [0, 0.05) is 25.0 Å². The molecule has 0 amide bonds. The third-order valence-electron chi connectivity index (χ3n) is 2.97. The second-order valence-electron chi connectivity index (χ2n) is 4.02. The maximum absolute atomic E-state index is 5.34. The zero-order valence-corrected chi connectivity index (χ0v) is 8.94. The van der Waals surface area contributed by atoms with Gasteiger partial charge in [0.25, 0.3) is 0 Å². The van der Waals surface area contributed by atoms with Gasteiger partial charge in [-0.15, -0.1) is 0 Å². The number of thioether (sulfide) groups is 1. The van der Waals surface area contributed by atoms with Crippen LogP contribution in [0.2, 0.25) is 0 Å². The van der Waals surface area contributed by atoms with Crippen molar-refractivity contribution in [2.45, 2.75) is 25.3 Å². The van der Waals surface area contributed by atoms with Crippen molar-refractivity contribution in [3.63, 3.8) is 0 Å². The lowest BCUT2D eigenvalue weighted by molar-refractivity contribution is 0.0657. The minimum absolute atomic E-state index is 0.799. The van der Waals surface area contributed by atoms with Crippen LogP contribution in [0.15, 0.2) is 0 Å². The fourth-order valence-corrected chi connectivity index (χ4v) is 3.17. The van der Waals surface area contributed by atoms with Crippen LogP contribution in [-0.4, -0.2) is 37.3 Å². The van der Waals surface area contributed by atoms with Gasteiger partial charge in [0.2, 0.25) is 0 Å². The molecule has 0 radical (unpaired) electrons. The minimum Gasteiger partial charge on any atom is -0.381 e. The number of nitrogens with one attached hydrogen (secondary N) is 1. The highest BCUT2D eigenvalue weighted by atomic mass is 32.2. The average Bonchev–Trinajstić information content (AvgIpc) is 2.69. The third-order valence-corrected chi connectivity index (χ3v) is 4.13. The van der Waals surface area contributed by atoms with Crippen LogP contribution in [-0.2, 0) is 4.74 Å². The molecule has 1 unspecified atom stereocenters. The molecule has 0 aliphatic carbocycles. The van der Waals surface area contributed by atoms with E-state index in [-0.39, 0.29) is 0 Å². The van der Waals surface area contributed by atoms with Gasteiger partial charge in [0.05, 0.1) is 0 Å². The molecule has 0 saturated carbocycles. The number of hydrogen-bond acceptors (Lipinski definition) is 3. The molecule has 0 aromatic carbocycles. The molecule has 0 aromatic rings. The number of ether oxygens (including phenoxy) is 1. The molecule has 2 heterocycles. The predicted molar refractivity (Wildman–Crippen MR) is 57.3 cm³/mol. The second-order valence-corrected chi connectivity index (χ2v) is 5.17. The van der Waals surface area contributed by atoms with Crippen molar-refractivity contribution >= 4 is 11.8 Å². The Hall–Kier alpha value is 0.270. The summed E-state index contributed by atoms with van der Waals surface area (Å²) in [6.07, 6.45) is 3.88. The van der Waals surface area contributed by atoms with E-state index in [4.69, 9.17) is 4.74 Å². The van der Waals surface area contributed by atoms with Crippen LogP contribution in [0.3, 0.4) is 0 Å². The Morgan fingerprint density at radius 2 is 2.08 bits per heavy atom. The van der Waals surface area contributed by atoms with E-state index in [1.165, 1.54) is 37.3 Å². The van der Waals surface area contributed by atoms with E-state index in [0.29, 0.717) is 0 Å². The summed E-state index contributed by atoms with van der Waals surface area (Å²) in [7, 11) is 0. The molecule has 1 atom stereocenters. The zero-order valence-electron chi connectivity index (χ0n) is 8.13. The molecule has 0 bridgehead atoms. The number of hydrogen-bond donors (Lipinski definition) is 1. The van der Waals surface area contributed by atoms with Crippen LogP contribution in [0.4, 0.5) is 0 Å². The second kappa shape index (κ2) is 5.23. The van der Waals surface area contributed by atoms with E-state index in [0.717, 1.165) is 25.2 Å². The lowest BCUT2D eigenvalue weighted by Gasteiger charge is -2.23. The maximum atomic E-state index is 5.34. The standard InChI is InChI=1S/C10H19NOS/c1-4-12-5-2-9(1)7-11-10-3-6-13-8-10/h9-11H,1-8H2. The Labute approximate surface area is 84.8 Å². The van der Waals surface area contributed by atoms with Crippen LogP contribution in [0.5, 0.6) is 0 Å². The monoisotopic (exact) mass is 201 g/mol. The molecule has 2 aliphatic heterocycles. The van der Waals surface area contributed by atoms with Crippen molar-refractivity contribution in [1.82, 2.24) is 5.32 Å². The SMILES string of the molecule is C1CC(CNC2CCSC2)CCO1. The molecule has 2 rings (SSSR count). The molecule has 13 heavy (non-hydrogen) atoms. The molecule has 1 N–H and O–H groups in total. The van der Waals surface area contributed by atoms with E-state index in [2.05, 4.69) is 17.1 Å². The van der Waals surface area contributed by atoms with Crippen LogP contribution in [0, 0.1) is 5.92 Å². The van der Waals surface area contributed by atoms with Gasteiger partial charge in [0.15, 0.2) is 0 Å². The van der Waals surface area contributed by atoms with Gasteiger partial charge in [-0.1, -0.05) is 0 Å². The van der Waals surface area contributed by atoms with Crippen molar-refractivity contribution in [1.29, 1.82) is 0 Å². The molecule has 0 aromatic heterocycles. The molecule has 0 spiro atoms. The summed E-state index contributed by atoms with van der Waals surface area (Å²) in [6.45, 7) is 3.17. The summed E-state index contributed by atoms with van der Waals surface area (Å²) in [4.78, 5) is 0. The molecular weight excluding hydrogens is 182 g/mol. The number of rotatable bonds is 3. The van der Waals surface area contributed by atoms with Gasteiger partial charge < -0.3 is 10.1 Å². The predicted octanol–water partition coefficient (Wildman–Crippen LogP) is 1.51. The Morgan fingerprint density at radius 1 is 1.23 bits per heavy atom. The van der Waals surface area contributed by atoms with Crippen LogP contribution in [0.1, 0.15) is 19.3 Å². The summed E-state index contributed by atoms with van der Waals surface area (Å²) in [5, 5.41) is 3.67. The minimum atomic E-state index is 0.799. The Balaban J connectivity index is 1.60. The topological polar surface area (TPSA) is 21.3 Å². The van der Waals surface area contributed by atoms with Crippen LogP contribution < -0.4 is 5.32 Å². The van der Waals surface area contributed by atoms with Gasteiger partial charge in [0.1, 0.15) is 0 Å². The lowest BCUT2D eigenvalue weighted by Crippen LogP contribution is -2.35. The average molecular weight is 201 g/mol. The fraction of sp³-hybridized carbons (Fsp3) is 1.00. The van der Waals surface area contributed by atoms with E-state index >= 15 is 0 Å². The van der Waals surface area contributed by atoms with Crippen molar-refractivity contribution in [2.24, 2.45) is 5.92 Å². The van der Waals surface area contributed by atoms with E-state index in [9.17, 15) is 0 Å². The molecule has 2 fully saturated rings. The summed E-state index contributed by atoms with van der Waals surface area (Å²) in [5.74, 6) is 3.55. The van der Waals surface area contributed by atoms with Gasteiger partial charge in [-0.2, -0.15) is 11.8 Å². The van der Waals surface area contributed by atoms with Crippen molar-refractivity contribution < 1.29 is 4.74 Å². The summed E-state index contributed by atoms with van der Waals surface area (Å²) < 4.78 is 5.34. The van der Waals surface area contributed by atoms with E-state index < -0.39 is 0 Å². The molecule has 3 heteroatoms. The van der Waals surface area contributed by atoms with Crippen molar-refractivity contribution in [3.8, 4) is 0 Å².